The summed E-state index contributed by atoms with van der Waals surface area (Å²) in [4.78, 5) is 41.3. The quantitative estimate of drug-likeness (QED) is 0.387. The summed E-state index contributed by atoms with van der Waals surface area (Å²) < 4.78 is 16.5. The maximum Gasteiger partial charge on any atom is 0.355 e. The molecule has 1 aliphatic rings. The van der Waals surface area contributed by atoms with Gasteiger partial charge in [-0.2, -0.15) is 10.2 Å². The number of hydrogen-bond acceptors (Lipinski definition) is 8. The van der Waals surface area contributed by atoms with Crippen molar-refractivity contribution in [2.75, 3.05) is 24.5 Å². The highest BCUT2D eigenvalue weighted by molar-refractivity contribution is 5.93. The summed E-state index contributed by atoms with van der Waals surface area (Å²) >= 11 is 0. The molecule has 4 aromatic rings. The second-order valence-electron chi connectivity index (χ2n) is 10.2. The average Bonchev–Trinajstić information content (AvgIpc) is 2.93. The monoisotopic (exact) mass is 541 g/mol. The molecule has 1 unspecified atom stereocenters. The molecule has 1 aromatic carbocycles. The largest absolute Gasteiger partial charge is 0.478 e. The van der Waals surface area contributed by atoms with E-state index in [1.807, 2.05) is 32.6 Å². The molecule has 0 saturated carbocycles. The van der Waals surface area contributed by atoms with Crippen LogP contribution in [0, 0.1) is 24.1 Å². The first-order valence-electron chi connectivity index (χ1n) is 13.0. The van der Waals surface area contributed by atoms with Crippen LogP contribution in [0.4, 0.5) is 10.2 Å². The summed E-state index contributed by atoms with van der Waals surface area (Å²) in [5.41, 5.74) is 1.16. The highest BCUT2D eigenvalue weighted by Crippen LogP contribution is 2.34. The summed E-state index contributed by atoms with van der Waals surface area (Å²) in [6, 6.07) is 8.74. The van der Waals surface area contributed by atoms with E-state index in [0.717, 1.165) is 23.8 Å². The maximum atomic E-state index is 15.1. The fourth-order valence-corrected chi connectivity index (χ4v) is 5.12. The molecule has 0 radical (unpaired) electrons. The lowest BCUT2D eigenvalue weighted by atomic mass is 10.0. The number of benzene rings is 1. The van der Waals surface area contributed by atoms with Crippen molar-refractivity contribution in [2.24, 2.45) is 0 Å². The molecule has 4 heterocycles. The molecule has 10 nitrogen and oxygen atoms in total. The Labute approximate surface area is 229 Å². The van der Waals surface area contributed by atoms with Gasteiger partial charge in [-0.1, -0.05) is 13.8 Å². The van der Waals surface area contributed by atoms with Gasteiger partial charge < -0.3 is 15.3 Å². The van der Waals surface area contributed by atoms with Crippen LogP contribution < -0.4 is 15.9 Å². The summed E-state index contributed by atoms with van der Waals surface area (Å²) in [6.45, 7) is 9.72. The van der Waals surface area contributed by atoms with E-state index in [9.17, 15) is 20.0 Å². The first-order chi connectivity index (χ1) is 19.1. The van der Waals surface area contributed by atoms with Crippen molar-refractivity contribution in [3.63, 3.8) is 0 Å². The van der Waals surface area contributed by atoms with Crippen molar-refractivity contribution in [1.29, 1.82) is 5.26 Å². The molecule has 5 rings (SSSR count). The number of aromatic carboxylic acids is 1. The van der Waals surface area contributed by atoms with E-state index in [2.05, 4.69) is 21.4 Å². The van der Waals surface area contributed by atoms with Gasteiger partial charge in [0.1, 0.15) is 17.7 Å². The van der Waals surface area contributed by atoms with Crippen molar-refractivity contribution in [3.05, 3.63) is 75.2 Å². The minimum Gasteiger partial charge on any atom is -0.478 e. The Morgan fingerprint density at radius 3 is 2.70 bits per heavy atom. The van der Waals surface area contributed by atoms with E-state index in [1.165, 1.54) is 4.57 Å². The van der Waals surface area contributed by atoms with Gasteiger partial charge in [0, 0.05) is 37.4 Å². The maximum absolute atomic E-state index is 15.1. The molecule has 3 aromatic heterocycles. The number of pyridine rings is 2. The molecule has 0 bridgehead atoms. The minimum atomic E-state index is -1.25. The van der Waals surface area contributed by atoms with E-state index in [0.29, 0.717) is 42.2 Å². The average molecular weight is 542 g/mol. The number of halogens is 1. The zero-order chi connectivity index (χ0) is 28.7. The van der Waals surface area contributed by atoms with Crippen LogP contribution in [0.15, 0.2) is 41.3 Å². The summed E-state index contributed by atoms with van der Waals surface area (Å²) in [7, 11) is 0. The Bertz CT molecular complexity index is 1760. The number of nitrogens with one attached hydrogen (secondary N) is 1. The van der Waals surface area contributed by atoms with Gasteiger partial charge in [0.15, 0.2) is 5.65 Å². The van der Waals surface area contributed by atoms with E-state index >= 15 is 4.39 Å². The molecule has 1 aliphatic heterocycles. The molecule has 11 heteroatoms. The topological polar surface area (TPSA) is 137 Å². The van der Waals surface area contributed by atoms with Gasteiger partial charge in [0.25, 0.3) is 0 Å². The molecule has 0 spiro atoms. The molecule has 40 heavy (non-hydrogen) atoms. The number of hydrogen-bond donors (Lipinski definition) is 2. The van der Waals surface area contributed by atoms with Crippen molar-refractivity contribution >= 4 is 22.8 Å². The molecule has 1 atom stereocenters. The third kappa shape index (κ3) is 4.56. The Kier molecular flexibility index (Phi) is 7.04. The summed E-state index contributed by atoms with van der Waals surface area (Å²) in [5, 5.41) is 23.4. The number of aryl methyl sites for hydroxylation is 1. The van der Waals surface area contributed by atoms with E-state index < -0.39 is 17.5 Å². The van der Waals surface area contributed by atoms with E-state index in [4.69, 9.17) is 4.98 Å². The fraction of sp³-hybridized carbons (Fsp3) is 0.310. The molecule has 0 aliphatic carbocycles. The third-order valence-electron chi connectivity index (χ3n) is 7.13. The molecule has 1 fully saturated rings. The fourth-order valence-electron chi connectivity index (χ4n) is 5.12. The van der Waals surface area contributed by atoms with Crippen LogP contribution in [0.2, 0.25) is 0 Å². The number of nitriles is 1. The number of aromatic nitrogens is 4. The van der Waals surface area contributed by atoms with Gasteiger partial charge in [-0.3, -0.25) is 4.98 Å². The number of fused-ring (bicyclic) bond motifs is 1. The second kappa shape index (κ2) is 10.5. The normalized spacial score (nSPS) is 15.4. The number of nitrogens with zero attached hydrogens (tertiary/aromatic N) is 6. The number of rotatable bonds is 5. The minimum absolute atomic E-state index is 0.000887. The van der Waals surface area contributed by atoms with Gasteiger partial charge in [-0.15, -0.1) is 0 Å². The molecular formula is C29H28FN7O3. The Morgan fingerprint density at radius 1 is 1.25 bits per heavy atom. The number of piperazine rings is 1. The molecule has 204 valence electrons. The van der Waals surface area contributed by atoms with Crippen LogP contribution in [0.1, 0.15) is 53.9 Å². The smallest absolute Gasteiger partial charge is 0.355 e. The Morgan fingerprint density at radius 2 is 2.02 bits per heavy atom. The predicted molar refractivity (Wildman–Crippen MR) is 149 cm³/mol. The van der Waals surface area contributed by atoms with Crippen molar-refractivity contribution in [2.45, 2.75) is 39.7 Å². The molecule has 2 N–H and O–H groups in total. The number of anilines is 1. The van der Waals surface area contributed by atoms with Crippen molar-refractivity contribution in [1.82, 2.24) is 24.8 Å². The van der Waals surface area contributed by atoms with Crippen LogP contribution in [-0.2, 0) is 0 Å². The molecule has 1 saturated heterocycles. The van der Waals surface area contributed by atoms with Crippen molar-refractivity contribution < 1.29 is 14.3 Å². The molecular weight excluding hydrogens is 513 g/mol. The van der Waals surface area contributed by atoms with Gasteiger partial charge >= 0.3 is 11.7 Å². The first-order valence-corrected chi connectivity index (χ1v) is 13.0. The van der Waals surface area contributed by atoms with Crippen LogP contribution in [-0.4, -0.2) is 56.3 Å². The van der Waals surface area contributed by atoms with Crippen molar-refractivity contribution in [3.8, 4) is 23.0 Å². The van der Waals surface area contributed by atoms with Gasteiger partial charge in [0.05, 0.1) is 33.6 Å². The van der Waals surface area contributed by atoms with Crippen LogP contribution in [0.5, 0.6) is 0 Å². The lowest BCUT2D eigenvalue weighted by Crippen LogP contribution is -2.50. The van der Waals surface area contributed by atoms with Gasteiger partial charge in [-0.25, -0.2) is 23.5 Å². The van der Waals surface area contributed by atoms with Crippen LogP contribution in [0.25, 0.3) is 28.0 Å². The highest BCUT2D eigenvalue weighted by Gasteiger charge is 2.27. The second-order valence-corrected chi connectivity index (χ2v) is 10.2. The number of carboxylic acid groups (broad SMARTS) is 1. The molecule has 0 amide bonds. The standard InChI is InChI=1S/C29H28FN7O3/c1-15(2)23-25(16(3)7-8-33-23)37-27-21(26(35-29(37)40)36-10-9-32-14-17(36)4)12-19(13-31)24(34-27)20-11-18(28(38)39)5-6-22(20)30/h5-8,11-12,15,17,32H,9-10,14H2,1-4H3,(H,38,39). The predicted octanol–water partition coefficient (Wildman–Crippen LogP) is 3.78. The van der Waals surface area contributed by atoms with Crippen LogP contribution >= 0.6 is 0 Å². The number of carbonyl (C=O) groups is 1. The van der Waals surface area contributed by atoms with E-state index in [-0.39, 0.29) is 40.0 Å². The Balaban J connectivity index is 1.94. The highest BCUT2D eigenvalue weighted by atomic mass is 19.1. The summed E-state index contributed by atoms with van der Waals surface area (Å²) in [5.74, 6) is -1.66. The lowest BCUT2D eigenvalue weighted by Gasteiger charge is -2.35. The summed E-state index contributed by atoms with van der Waals surface area (Å²) in [6.07, 6.45) is 1.67. The van der Waals surface area contributed by atoms with Crippen LogP contribution in [0.3, 0.4) is 0 Å². The zero-order valence-electron chi connectivity index (χ0n) is 22.6. The van der Waals surface area contributed by atoms with E-state index in [1.54, 1.807) is 18.3 Å². The first kappa shape index (κ1) is 26.9. The Hall–Kier alpha value is -4.69. The third-order valence-corrected chi connectivity index (χ3v) is 7.13. The lowest BCUT2D eigenvalue weighted by molar-refractivity contribution is 0.0697. The zero-order valence-corrected chi connectivity index (χ0v) is 22.6. The number of carboxylic acids is 1. The SMILES string of the molecule is Cc1ccnc(C(C)C)c1-n1c(=O)nc(N2CCNCC2C)c2cc(C#N)c(-c3cc(C(=O)O)ccc3F)nc21. The van der Waals surface area contributed by atoms with Gasteiger partial charge in [-0.05, 0) is 55.7 Å². The van der Waals surface area contributed by atoms with Gasteiger partial charge in [0.2, 0.25) is 0 Å².